The van der Waals surface area contributed by atoms with E-state index in [-0.39, 0.29) is 16.7 Å². The van der Waals surface area contributed by atoms with E-state index in [2.05, 4.69) is 4.98 Å². The minimum absolute atomic E-state index is 0.0583. The molecule has 3 rings (SSSR count). The molecule has 2 aromatic carbocycles. The Morgan fingerprint density at radius 3 is 2.62 bits per heavy atom. The molecule has 0 aliphatic carbocycles. The van der Waals surface area contributed by atoms with E-state index in [9.17, 15) is 14.7 Å². The average Bonchev–Trinajstić information content (AvgIpc) is 2.47. The summed E-state index contributed by atoms with van der Waals surface area (Å²) in [6, 6.07) is 11.2. The van der Waals surface area contributed by atoms with Crippen molar-refractivity contribution in [1.82, 2.24) is 9.55 Å². The van der Waals surface area contributed by atoms with Gasteiger partial charge in [0.2, 0.25) is 0 Å². The lowest BCUT2D eigenvalue weighted by atomic mass is 10.2. The summed E-state index contributed by atoms with van der Waals surface area (Å²) in [5.41, 5.74) is -0.591. The molecule has 106 valence electrons. The number of aromatic amines is 1. The molecule has 6 nitrogen and oxygen atoms in total. The van der Waals surface area contributed by atoms with Crippen molar-refractivity contribution in [1.29, 1.82) is 0 Å². The standard InChI is InChI=1S/C15H12N2O4/c1-21-12-8-3-2-6-10(12)17-14(19)13-9(16-15(17)20)5-4-7-11(13)18/h2-8,18H,1H3,(H,16,20). The van der Waals surface area contributed by atoms with Crippen LogP contribution in [0.4, 0.5) is 0 Å². The SMILES string of the molecule is COc1ccccc1-n1c(=O)[nH]c2cccc(O)c2c1=O. The molecule has 0 atom stereocenters. The molecule has 0 bridgehead atoms. The molecule has 3 aromatic rings. The lowest BCUT2D eigenvalue weighted by Crippen LogP contribution is -2.33. The zero-order chi connectivity index (χ0) is 15.0. The number of hydrogen-bond acceptors (Lipinski definition) is 4. The Kier molecular flexibility index (Phi) is 2.98. The third-order valence-corrected chi connectivity index (χ3v) is 3.23. The van der Waals surface area contributed by atoms with Crippen molar-refractivity contribution in [2.45, 2.75) is 0 Å². The van der Waals surface area contributed by atoms with Gasteiger partial charge in [0.25, 0.3) is 5.56 Å². The van der Waals surface area contributed by atoms with Gasteiger partial charge in [0, 0.05) is 0 Å². The van der Waals surface area contributed by atoms with E-state index < -0.39 is 11.2 Å². The monoisotopic (exact) mass is 284 g/mol. The first-order chi connectivity index (χ1) is 10.1. The number of methoxy groups -OCH3 is 1. The minimum atomic E-state index is -0.601. The number of ether oxygens (including phenoxy) is 1. The van der Waals surface area contributed by atoms with Crippen LogP contribution < -0.4 is 16.0 Å². The van der Waals surface area contributed by atoms with Gasteiger partial charge in [-0.3, -0.25) is 4.79 Å². The molecule has 1 aromatic heterocycles. The molecule has 2 N–H and O–H groups in total. The molecular weight excluding hydrogens is 272 g/mol. The Morgan fingerprint density at radius 2 is 1.86 bits per heavy atom. The first kappa shape index (κ1) is 13.0. The maximum Gasteiger partial charge on any atom is 0.333 e. The molecule has 0 spiro atoms. The fourth-order valence-electron chi connectivity index (χ4n) is 2.28. The van der Waals surface area contributed by atoms with Crippen LogP contribution in [-0.4, -0.2) is 21.8 Å². The molecule has 0 unspecified atom stereocenters. The van der Waals surface area contributed by atoms with Crippen LogP contribution in [-0.2, 0) is 0 Å². The number of phenolic OH excluding ortho intramolecular Hbond substituents is 1. The topological polar surface area (TPSA) is 84.3 Å². The summed E-state index contributed by atoms with van der Waals surface area (Å²) in [4.78, 5) is 27.4. The molecule has 21 heavy (non-hydrogen) atoms. The molecule has 0 saturated carbocycles. The van der Waals surface area contributed by atoms with Crippen LogP contribution in [0, 0.1) is 0 Å². The van der Waals surface area contributed by atoms with E-state index >= 15 is 0 Å². The van der Waals surface area contributed by atoms with Crippen LogP contribution in [0.25, 0.3) is 16.6 Å². The van der Waals surface area contributed by atoms with Crippen LogP contribution in [0.5, 0.6) is 11.5 Å². The number of aromatic nitrogens is 2. The number of nitrogens with zero attached hydrogens (tertiary/aromatic N) is 1. The zero-order valence-electron chi connectivity index (χ0n) is 11.2. The number of nitrogens with one attached hydrogen (secondary N) is 1. The van der Waals surface area contributed by atoms with E-state index in [1.165, 1.54) is 13.2 Å². The van der Waals surface area contributed by atoms with Crippen LogP contribution in [0.3, 0.4) is 0 Å². The number of H-pyrrole nitrogens is 1. The van der Waals surface area contributed by atoms with Gasteiger partial charge in [-0.15, -0.1) is 0 Å². The van der Waals surface area contributed by atoms with Gasteiger partial charge in [-0.05, 0) is 24.3 Å². The van der Waals surface area contributed by atoms with Crippen molar-refractivity contribution in [3.63, 3.8) is 0 Å². The zero-order valence-corrected chi connectivity index (χ0v) is 11.2. The van der Waals surface area contributed by atoms with E-state index in [1.54, 1.807) is 36.4 Å². The van der Waals surface area contributed by atoms with E-state index in [4.69, 9.17) is 4.74 Å². The van der Waals surface area contributed by atoms with E-state index in [0.29, 0.717) is 11.4 Å². The van der Waals surface area contributed by atoms with Gasteiger partial charge < -0.3 is 14.8 Å². The minimum Gasteiger partial charge on any atom is -0.507 e. The van der Waals surface area contributed by atoms with Crippen molar-refractivity contribution in [2.75, 3.05) is 7.11 Å². The van der Waals surface area contributed by atoms with Crippen LogP contribution in [0.2, 0.25) is 0 Å². The van der Waals surface area contributed by atoms with E-state index in [0.717, 1.165) is 4.57 Å². The summed E-state index contributed by atoms with van der Waals surface area (Å²) >= 11 is 0. The molecule has 0 aliphatic rings. The number of rotatable bonds is 2. The third kappa shape index (κ3) is 1.97. The fraction of sp³-hybridized carbons (Fsp3) is 0.0667. The van der Waals surface area contributed by atoms with Crippen molar-refractivity contribution >= 4 is 10.9 Å². The molecule has 0 amide bonds. The number of benzene rings is 2. The van der Waals surface area contributed by atoms with Gasteiger partial charge in [-0.1, -0.05) is 18.2 Å². The molecule has 0 saturated heterocycles. The maximum atomic E-state index is 12.6. The summed E-state index contributed by atoms with van der Waals surface area (Å²) in [6.07, 6.45) is 0. The van der Waals surface area contributed by atoms with Crippen molar-refractivity contribution in [3.8, 4) is 17.2 Å². The highest BCUT2D eigenvalue weighted by molar-refractivity contribution is 5.83. The Labute approximate surface area is 118 Å². The smallest absolute Gasteiger partial charge is 0.333 e. The normalized spacial score (nSPS) is 10.7. The Bertz CT molecular complexity index is 940. The van der Waals surface area contributed by atoms with Crippen molar-refractivity contribution < 1.29 is 9.84 Å². The second-order valence-electron chi connectivity index (χ2n) is 4.44. The predicted molar refractivity (Wildman–Crippen MR) is 78.4 cm³/mol. The van der Waals surface area contributed by atoms with Gasteiger partial charge in [0.15, 0.2) is 0 Å². The summed E-state index contributed by atoms with van der Waals surface area (Å²) in [7, 11) is 1.45. The summed E-state index contributed by atoms with van der Waals surface area (Å²) in [5, 5.41) is 9.93. The number of para-hydroxylation sites is 2. The van der Waals surface area contributed by atoms with Crippen LogP contribution in [0.15, 0.2) is 52.1 Å². The summed E-state index contributed by atoms with van der Waals surface area (Å²) in [6.45, 7) is 0. The third-order valence-electron chi connectivity index (χ3n) is 3.23. The van der Waals surface area contributed by atoms with Crippen molar-refractivity contribution in [3.05, 3.63) is 63.3 Å². The maximum absolute atomic E-state index is 12.6. The number of aromatic hydroxyl groups is 1. The highest BCUT2D eigenvalue weighted by Crippen LogP contribution is 2.22. The van der Waals surface area contributed by atoms with Crippen molar-refractivity contribution in [2.24, 2.45) is 0 Å². The lowest BCUT2D eigenvalue weighted by Gasteiger charge is -2.10. The number of phenols is 1. The molecule has 0 radical (unpaired) electrons. The lowest BCUT2D eigenvalue weighted by molar-refractivity contribution is 0.412. The van der Waals surface area contributed by atoms with Gasteiger partial charge >= 0.3 is 5.69 Å². The molecule has 6 heteroatoms. The summed E-state index contributed by atoms with van der Waals surface area (Å²) < 4.78 is 6.12. The Hall–Kier alpha value is -3.02. The number of fused-ring (bicyclic) bond motifs is 1. The van der Waals surface area contributed by atoms with Crippen LogP contribution >= 0.6 is 0 Å². The summed E-state index contributed by atoms with van der Waals surface area (Å²) in [5.74, 6) is 0.206. The first-order valence-corrected chi connectivity index (χ1v) is 6.24. The molecular formula is C15H12N2O4. The van der Waals surface area contributed by atoms with E-state index in [1.807, 2.05) is 0 Å². The quantitative estimate of drug-likeness (QED) is 0.745. The average molecular weight is 284 g/mol. The van der Waals surface area contributed by atoms with Gasteiger partial charge in [-0.2, -0.15) is 0 Å². The molecule has 0 fully saturated rings. The first-order valence-electron chi connectivity index (χ1n) is 6.24. The number of hydrogen-bond donors (Lipinski definition) is 2. The fourth-order valence-corrected chi connectivity index (χ4v) is 2.28. The molecule has 1 heterocycles. The highest BCUT2D eigenvalue weighted by Gasteiger charge is 2.14. The highest BCUT2D eigenvalue weighted by atomic mass is 16.5. The Balaban J connectivity index is 2.47. The second kappa shape index (κ2) is 4.82. The Morgan fingerprint density at radius 1 is 1.10 bits per heavy atom. The molecule has 0 aliphatic heterocycles. The van der Waals surface area contributed by atoms with Crippen LogP contribution in [0.1, 0.15) is 0 Å². The van der Waals surface area contributed by atoms with Gasteiger partial charge in [0.1, 0.15) is 16.9 Å². The largest absolute Gasteiger partial charge is 0.507 e. The van der Waals surface area contributed by atoms with Gasteiger partial charge in [-0.25, -0.2) is 9.36 Å². The van der Waals surface area contributed by atoms with Gasteiger partial charge in [0.05, 0.1) is 18.3 Å². The second-order valence-corrected chi connectivity index (χ2v) is 4.44. The predicted octanol–water partition coefficient (Wildman–Crippen LogP) is 1.39.